The molecule has 3 N–H and O–H groups in total. The summed E-state index contributed by atoms with van der Waals surface area (Å²) in [6, 6.07) is 11.2. The van der Waals surface area contributed by atoms with Crippen LogP contribution in [0, 0.1) is 0 Å². The highest BCUT2D eigenvalue weighted by Gasteiger charge is 2.12. The van der Waals surface area contributed by atoms with E-state index in [1.54, 1.807) is 4.57 Å². The van der Waals surface area contributed by atoms with Crippen LogP contribution in [0.4, 0.5) is 10.9 Å². The fourth-order valence-corrected chi connectivity index (χ4v) is 3.54. The first-order valence-corrected chi connectivity index (χ1v) is 9.58. The van der Waals surface area contributed by atoms with Gasteiger partial charge in [0.05, 0.1) is 5.75 Å². The molecule has 0 radical (unpaired) electrons. The second-order valence-electron chi connectivity index (χ2n) is 5.27. The van der Waals surface area contributed by atoms with E-state index in [2.05, 4.69) is 20.5 Å². The Morgan fingerprint density at radius 1 is 1.31 bits per heavy atom. The number of aromatic nitrogens is 4. The number of nitrogens with one attached hydrogen (secondary N) is 1. The molecule has 0 bridgehead atoms. The molecular weight excluding hydrogens is 372 g/mol. The Morgan fingerprint density at radius 2 is 2.12 bits per heavy atom. The Kier molecular flexibility index (Phi) is 5.97. The third-order valence-electron chi connectivity index (χ3n) is 3.43. The van der Waals surface area contributed by atoms with Crippen LogP contribution in [0.15, 0.2) is 51.9 Å². The lowest BCUT2D eigenvalue weighted by atomic mass is 10.1. The van der Waals surface area contributed by atoms with Gasteiger partial charge in [-0.1, -0.05) is 53.4 Å². The van der Waals surface area contributed by atoms with Crippen LogP contribution in [0.3, 0.4) is 0 Å². The first-order chi connectivity index (χ1) is 12.6. The summed E-state index contributed by atoms with van der Waals surface area (Å²) in [6.07, 6.45) is 0.736. The van der Waals surface area contributed by atoms with Crippen LogP contribution >= 0.6 is 23.1 Å². The molecule has 0 unspecified atom stereocenters. The zero-order valence-electron chi connectivity index (χ0n) is 13.7. The Morgan fingerprint density at radius 3 is 2.85 bits per heavy atom. The molecule has 134 valence electrons. The number of nitrogens with zero attached hydrogens (tertiary/aromatic N) is 4. The van der Waals surface area contributed by atoms with Gasteiger partial charge < -0.3 is 10.3 Å². The van der Waals surface area contributed by atoms with E-state index in [1.807, 2.05) is 30.3 Å². The van der Waals surface area contributed by atoms with Gasteiger partial charge in [-0.25, -0.2) is 0 Å². The summed E-state index contributed by atoms with van der Waals surface area (Å²) >= 11 is 2.39. The summed E-state index contributed by atoms with van der Waals surface area (Å²) in [5, 5.41) is 10.9. The van der Waals surface area contributed by atoms with Crippen LogP contribution in [0.5, 0.6) is 0 Å². The van der Waals surface area contributed by atoms with E-state index < -0.39 is 5.56 Å². The minimum Gasteiger partial charge on any atom is -0.385 e. The van der Waals surface area contributed by atoms with Crippen LogP contribution in [-0.4, -0.2) is 31.4 Å². The third kappa shape index (κ3) is 4.90. The lowest BCUT2D eigenvalue weighted by Crippen LogP contribution is -2.20. The van der Waals surface area contributed by atoms with Gasteiger partial charge in [0.1, 0.15) is 11.3 Å². The maximum Gasteiger partial charge on any atom is 0.275 e. The molecule has 3 rings (SSSR count). The number of anilines is 2. The second kappa shape index (κ2) is 8.59. The predicted octanol–water partition coefficient (Wildman–Crippen LogP) is 1.65. The Hall–Kier alpha value is -2.72. The summed E-state index contributed by atoms with van der Waals surface area (Å²) in [5.41, 5.74) is 8.25. The number of hydrogen-bond donors (Lipinski definition) is 2. The zero-order chi connectivity index (χ0) is 18.4. The van der Waals surface area contributed by atoms with Crippen LogP contribution in [0.2, 0.25) is 0 Å². The van der Waals surface area contributed by atoms with Gasteiger partial charge in [-0.15, -0.1) is 10.2 Å². The van der Waals surface area contributed by atoms with E-state index in [9.17, 15) is 9.59 Å². The first kappa shape index (κ1) is 18.1. The molecule has 0 saturated heterocycles. The highest BCUT2D eigenvalue weighted by atomic mass is 32.2. The van der Waals surface area contributed by atoms with Gasteiger partial charge in [0.2, 0.25) is 11.0 Å². The van der Waals surface area contributed by atoms with Crippen LogP contribution in [-0.2, 0) is 17.8 Å². The monoisotopic (exact) mass is 388 g/mol. The quantitative estimate of drug-likeness (QED) is 0.467. The average Bonchev–Trinajstić information content (AvgIpc) is 3.12. The van der Waals surface area contributed by atoms with Crippen molar-refractivity contribution in [3.63, 3.8) is 0 Å². The van der Waals surface area contributed by atoms with Crippen molar-refractivity contribution < 1.29 is 4.79 Å². The van der Waals surface area contributed by atoms with E-state index in [-0.39, 0.29) is 11.7 Å². The number of rotatable bonds is 7. The number of nitrogen functional groups attached to an aromatic ring is 1. The molecule has 0 aliphatic heterocycles. The van der Waals surface area contributed by atoms with Gasteiger partial charge in [0.25, 0.3) is 5.56 Å². The molecule has 2 aromatic heterocycles. The molecule has 2 heterocycles. The van der Waals surface area contributed by atoms with Crippen LogP contribution < -0.4 is 16.6 Å². The molecule has 3 aromatic rings. The summed E-state index contributed by atoms with van der Waals surface area (Å²) in [4.78, 5) is 27.7. The molecule has 0 aliphatic rings. The van der Waals surface area contributed by atoms with Crippen molar-refractivity contribution in [3.8, 4) is 0 Å². The number of amides is 1. The molecule has 0 fully saturated rings. The Labute approximate surface area is 157 Å². The Balaban J connectivity index is 1.69. The van der Waals surface area contributed by atoms with Gasteiger partial charge >= 0.3 is 0 Å². The van der Waals surface area contributed by atoms with Gasteiger partial charge in [0, 0.05) is 12.6 Å². The topological polar surface area (TPSA) is 116 Å². The number of nitrogens with two attached hydrogens (primary N) is 1. The number of carbonyl (C=O) groups excluding carboxylic acids is 1. The summed E-state index contributed by atoms with van der Waals surface area (Å²) in [5.74, 6) is 0.159. The van der Waals surface area contributed by atoms with Gasteiger partial charge in [-0.3, -0.25) is 14.9 Å². The van der Waals surface area contributed by atoms with Crippen molar-refractivity contribution in [2.24, 2.45) is 0 Å². The lowest BCUT2D eigenvalue weighted by Gasteiger charge is -2.14. The highest BCUT2D eigenvalue weighted by Crippen LogP contribution is 2.19. The number of aryl methyl sites for hydroxylation is 1. The molecule has 8 nitrogen and oxygen atoms in total. The van der Waals surface area contributed by atoms with Gasteiger partial charge in [-0.2, -0.15) is 4.98 Å². The standard InChI is InChI=1S/C16H16N6O2S2/c17-12-8-13(23)20-16(22(12)7-6-11-4-2-1-3-5-11)25-9-14(24)19-15-21-18-10-26-15/h1-5,8,10H,6-7,9,17H2,(H,19,21,24). The van der Waals surface area contributed by atoms with Crippen molar-refractivity contribution in [2.45, 2.75) is 18.1 Å². The number of benzene rings is 1. The molecule has 0 spiro atoms. The summed E-state index contributed by atoms with van der Waals surface area (Å²) in [7, 11) is 0. The van der Waals surface area contributed by atoms with Crippen molar-refractivity contribution in [1.82, 2.24) is 19.7 Å². The Bertz CT molecular complexity index is 928. The molecule has 1 aromatic carbocycles. The van der Waals surface area contributed by atoms with E-state index in [1.165, 1.54) is 22.9 Å². The SMILES string of the molecule is Nc1cc(=O)nc(SCC(=O)Nc2nncs2)n1CCc1ccccc1. The minimum atomic E-state index is -0.425. The smallest absolute Gasteiger partial charge is 0.275 e. The van der Waals surface area contributed by atoms with Crippen molar-refractivity contribution >= 4 is 40.0 Å². The van der Waals surface area contributed by atoms with E-state index in [0.29, 0.717) is 22.7 Å². The third-order valence-corrected chi connectivity index (χ3v) is 5.01. The molecule has 1 amide bonds. The molecule has 10 heteroatoms. The maximum absolute atomic E-state index is 12.0. The largest absolute Gasteiger partial charge is 0.385 e. The maximum atomic E-state index is 12.0. The molecule has 26 heavy (non-hydrogen) atoms. The summed E-state index contributed by atoms with van der Waals surface area (Å²) < 4.78 is 1.75. The lowest BCUT2D eigenvalue weighted by molar-refractivity contribution is -0.113. The van der Waals surface area contributed by atoms with Crippen LogP contribution in [0.1, 0.15) is 5.56 Å². The molecule has 0 saturated carbocycles. The first-order valence-electron chi connectivity index (χ1n) is 7.72. The van der Waals surface area contributed by atoms with Gasteiger partial charge in [0.15, 0.2) is 5.16 Å². The number of hydrogen-bond acceptors (Lipinski definition) is 8. The fourth-order valence-electron chi connectivity index (χ4n) is 2.24. The predicted molar refractivity (Wildman–Crippen MR) is 102 cm³/mol. The fraction of sp³-hybridized carbons (Fsp3) is 0.188. The van der Waals surface area contributed by atoms with E-state index >= 15 is 0 Å². The normalized spacial score (nSPS) is 10.6. The highest BCUT2D eigenvalue weighted by molar-refractivity contribution is 7.99. The van der Waals surface area contributed by atoms with Crippen LogP contribution in [0.25, 0.3) is 0 Å². The average molecular weight is 388 g/mol. The summed E-state index contributed by atoms with van der Waals surface area (Å²) in [6.45, 7) is 0.559. The van der Waals surface area contributed by atoms with Gasteiger partial charge in [-0.05, 0) is 12.0 Å². The zero-order valence-corrected chi connectivity index (χ0v) is 15.3. The number of thioether (sulfide) groups is 1. The number of carbonyl (C=O) groups is 1. The molecule has 0 aliphatic carbocycles. The minimum absolute atomic E-state index is 0.0841. The van der Waals surface area contributed by atoms with E-state index in [0.717, 1.165) is 23.7 Å². The second-order valence-corrected chi connectivity index (χ2v) is 7.05. The van der Waals surface area contributed by atoms with Crippen molar-refractivity contribution in [1.29, 1.82) is 0 Å². The molecular formula is C16H16N6O2S2. The van der Waals surface area contributed by atoms with E-state index in [4.69, 9.17) is 5.73 Å². The van der Waals surface area contributed by atoms with Crippen molar-refractivity contribution in [2.75, 3.05) is 16.8 Å². The van der Waals surface area contributed by atoms with Crippen molar-refractivity contribution in [3.05, 3.63) is 57.8 Å². The molecule has 0 atom stereocenters.